The summed E-state index contributed by atoms with van der Waals surface area (Å²) < 4.78 is 21.9. The Morgan fingerprint density at radius 1 is 1.13 bits per heavy atom. The summed E-state index contributed by atoms with van der Waals surface area (Å²) in [5, 5.41) is 11.1. The lowest BCUT2D eigenvalue weighted by Gasteiger charge is -2.14. The fourth-order valence-electron chi connectivity index (χ4n) is 3.30. The number of hydrogen-bond acceptors (Lipinski definition) is 7. The molecule has 0 aliphatic heterocycles. The molecular formula is C22H27N2O6S+. The van der Waals surface area contributed by atoms with E-state index in [1.165, 1.54) is 0 Å². The van der Waals surface area contributed by atoms with Crippen molar-refractivity contribution in [2.24, 2.45) is 0 Å². The van der Waals surface area contributed by atoms with Crippen LogP contribution in [0.3, 0.4) is 0 Å². The summed E-state index contributed by atoms with van der Waals surface area (Å²) in [6.45, 7) is 0.906. The third-order valence-electron chi connectivity index (χ3n) is 4.80. The molecule has 0 fully saturated rings. The second-order valence-electron chi connectivity index (χ2n) is 6.81. The molecule has 0 saturated carbocycles. The normalized spacial score (nSPS) is 12.0. The summed E-state index contributed by atoms with van der Waals surface area (Å²) in [7, 11) is 4.28. The lowest BCUT2D eigenvalue weighted by atomic mass is 10.2. The van der Waals surface area contributed by atoms with Crippen LogP contribution in [-0.4, -0.2) is 55.0 Å². The summed E-state index contributed by atoms with van der Waals surface area (Å²) in [5.74, 6) is 2.43. The van der Waals surface area contributed by atoms with Gasteiger partial charge in [0.2, 0.25) is 5.75 Å². The Morgan fingerprint density at radius 2 is 1.84 bits per heavy atom. The van der Waals surface area contributed by atoms with E-state index in [1.54, 1.807) is 39.7 Å². The summed E-state index contributed by atoms with van der Waals surface area (Å²) in [5.41, 5.74) is 0.994. The molecule has 1 unspecified atom stereocenters. The minimum Gasteiger partial charge on any atom is -0.503 e. The Balaban J connectivity index is 1.58. The molecule has 2 heterocycles. The minimum absolute atomic E-state index is 0.0102. The Labute approximate surface area is 183 Å². The SMILES string of the molecule is COc1cc(COCCC[S+](C)c2c(O)c3cccnc3[nH]c2=O)cc(OC)c1OC. The van der Waals surface area contributed by atoms with Gasteiger partial charge in [0, 0.05) is 23.5 Å². The Hall–Kier alpha value is -2.91. The molecule has 0 aliphatic rings. The number of ether oxygens (including phenoxy) is 4. The van der Waals surface area contributed by atoms with E-state index in [1.807, 2.05) is 18.4 Å². The fraction of sp³-hybridized carbons (Fsp3) is 0.364. The first kappa shape index (κ1) is 22.8. The number of aromatic amines is 1. The molecule has 1 atom stereocenters. The molecule has 2 N–H and O–H groups in total. The number of nitrogens with one attached hydrogen (secondary N) is 1. The highest BCUT2D eigenvalue weighted by atomic mass is 32.2. The van der Waals surface area contributed by atoms with Gasteiger partial charge in [0.15, 0.2) is 17.2 Å². The summed E-state index contributed by atoms with van der Waals surface area (Å²) in [4.78, 5) is 19.7. The highest BCUT2D eigenvalue weighted by molar-refractivity contribution is 7.96. The van der Waals surface area contributed by atoms with Crippen LogP contribution in [0, 0.1) is 0 Å². The van der Waals surface area contributed by atoms with Gasteiger partial charge in [-0.05, 0) is 29.8 Å². The Kier molecular flexibility index (Phi) is 7.64. The van der Waals surface area contributed by atoms with Crippen LogP contribution in [0.1, 0.15) is 12.0 Å². The maximum absolute atomic E-state index is 12.4. The first-order valence-electron chi connectivity index (χ1n) is 9.69. The number of methoxy groups -OCH3 is 3. The van der Waals surface area contributed by atoms with E-state index in [9.17, 15) is 9.90 Å². The zero-order chi connectivity index (χ0) is 22.4. The van der Waals surface area contributed by atoms with Gasteiger partial charge in [-0.1, -0.05) is 0 Å². The second-order valence-corrected chi connectivity index (χ2v) is 8.90. The van der Waals surface area contributed by atoms with Crippen LogP contribution >= 0.6 is 0 Å². The number of pyridine rings is 2. The molecular weight excluding hydrogens is 420 g/mol. The number of fused-ring (bicyclic) bond motifs is 1. The van der Waals surface area contributed by atoms with E-state index < -0.39 is 10.9 Å². The van der Waals surface area contributed by atoms with Gasteiger partial charge < -0.3 is 29.0 Å². The van der Waals surface area contributed by atoms with Gasteiger partial charge >= 0.3 is 5.56 Å². The Bertz CT molecular complexity index is 1080. The molecule has 0 bridgehead atoms. The molecule has 31 heavy (non-hydrogen) atoms. The van der Waals surface area contributed by atoms with Crippen molar-refractivity contribution in [3.8, 4) is 23.0 Å². The monoisotopic (exact) mass is 447 g/mol. The van der Waals surface area contributed by atoms with Crippen LogP contribution in [0.15, 0.2) is 40.2 Å². The average Bonchev–Trinajstić information content (AvgIpc) is 2.78. The first-order valence-corrected chi connectivity index (χ1v) is 11.5. The van der Waals surface area contributed by atoms with Crippen molar-refractivity contribution in [3.63, 3.8) is 0 Å². The molecule has 166 valence electrons. The second kappa shape index (κ2) is 10.4. The molecule has 2 aromatic heterocycles. The van der Waals surface area contributed by atoms with Crippen LogP contribution < -0.4 is 19.8 Å². The van der Waals surface area contributed by atoms with Crippen molar-refractivity contribution >= 4 is 21.9 Å². The summed E-state index contributed by atoms with van der Waals surface area (Å²) >= 11 is 0. The van der Waals surface area contributed by atoms with Gasteiger partial charge in [-0.3, -0.25) is 4.79 Å². The van der Waals surface area contributed by atoms with Gasteiger partial charge in [-0.25, -0.2) is 4.98 Å². The Morgan fingerprint density at radius 3 is 2.48 bits per heavy atom. The molecule has 0 aliphatic carbocycles. The van der Waals surface area contributed by atoms with Crippen LogP contribution in [0.25, 0.3) is 11.0 Å². The quantitative estimate of drug-likeness (QED) is 0.364. The number of nitrogens with zero attached hydrogens (tertiary/aromatic N) is 1. The van der Waals surface area contributed by atoms with E-state index >= 15 is 0 Å². The molecule has 0 radical (unpaired) electrons. The maximum Gasteiger partial charge on any atom is 0.308 e. The van der Waals surface area contributed by atoms with Gasteiger partial charge in [0.25, 0.3) is 4.90 Å². The van der Waals surface area contributed by atoms with Crippen LogP contribution in [0.2, 0.25) is 0 Å². The van der Waals surface area contributed by atoms with Gasteiger partial charge in [-0.15, -0.1) is 0 Å². The van der Waals surface area contributed by atoms with E-state index in [2.05, 4.69) is 9.97 Å². The topological polar surface area (TPSA) is 103 Å². The van der Waals surface area contributed by atoms with Gasteiger partial charge in [0.05, 0.1) is 39.9 Å². The van der Waals surface area contributed by atoms with Crippen molar-refractivity contribution in [3.05, 3.63) is 46.4 Å². The van der Waals surface area contributed by atoms with E-state index in [4.69, 9.17) is 18.9 Å². The van der Waals surface area contributed by atoms with Crippen molar-refractivity contribution in [1.29, 1.82) is 0 Å². The summed E-state index contributed by atoms with van der Waals surface area (Å²) in [6.07, 6.45) is 4.27. The molecule has 3 rings (SSSR count). The third-order valence-corrected chi connectivity index (χ3v) is 6.77. The number of hydrogen-bond donors (Lipinski definition) is 2. The molecule has 0 amide bonds. The van der Waals surface area contributed by atoms with Gasteiger partial charge in [-0.2, -0.15) is 0 Å². The van der Waals surface area contributed by atoms with Crippen molar-refractivity contribution in [2.45, 2.75) is 17.9 Å². The lowest BCUT2D eigenvalue weighted by Crippen LogP contribution is -2.20. The van der Waals surface area contributed by atoms with E-state index in [-0.39, 0.29) is 11.3 Å². The van der Waals surface area contributed by atoms with Crippen molar-refractivity contribution in [1.82, 2.24) is 9.97 Å². The maximum atomic E-state index is 12.4. The highest BCUT2D eigenvalue weighted by Gasteiger charge is 2.26. The fourth-order valence-corrected chi connectivity index (χ4v) is 4.86. The molecule has 8 nitrogen and oxygen atoms in total. The first-order chi connectivity index (χ1) is 15.0. The van der Waals surface area contributed by atoms with Crippen molar-refractivity contribution in [2.75, 3.05) is 39.9 Å². The third kappa shape index (κ3) is 5.05. The highest BCUT2D eigenvalue weighted by Crippen LogP contribution is 2.38. The minimum atomic E-state index is -0.433. The molecule has 0 spiro atoms. The summed E-state index contributed by atoms with van der Waals surface area (Å²) in [6, 6.07) is 7.18. The number of aromatic hydroxyl groups is 1. The van der Waals surface area contributed by atoms with Crippen LogP contribution in [0.4, 0.5) is 0 Å². The predicted octanol–water partition coefficient (Wildman–Crippen LogP) is 2.87. The van der Waals surface area contributed by atoms with Crippen molar-refractivity contribution < 1.29 is 24.1 Å². The van der Waals surface area contributed by atoms with Crippen LogP contribution in [0.5, 0.6) is 23.0 Å². The molecule has 9 heteroatoms. The number of aromatic nitrogens is 2. The van der Waals surface area contributed by atoms with E-state index in [0.717, 1.165) is 17.7 Å². The molecule has 0 saturated heterocycles. The standard InChI is InChI=1S/C22H26N2O6S/c1-27-16-11-14(12-17(28-2)19(16)29-3)13-30-9-6-10-31(4)20-18(25)15-7-5-8-23-21(15)24-22(20)26/h5,7-8,11-12H,6,9-10,13H2,1-4H3,(H-,23,24,25,26)/p+1. The zero-order valence-electron chi connectivity index (χ0n) is 18.1. The average molecular weight is 448 g/mol. The largest absolute Gasteiger partial charge is 0.503 e. The number of benzene rings is 1. The molecule has 1 aromatic carbocycles. The number of H-pyrrole nitrogens is 1. The zero-order valence-corrected chi connectivity index (χ0v) is 18.9. The number of rotatable bonds is 10. The predicted molar refractivity (Wildman–Crippen MR) is 121 cm³/mol. The lowest BCUT2D eigenvalue weighted by molar-refractivity contribution is 0.121. The van der Waals surface area contributed by atoms with Crippen LogP contribution in [-0.2, 0) is 22.2 Å². The smallest absolute Gasteiger partial charge is 0.308 e. The molecule has 3 aromatic rings. The van der Waals surface area contributed by atoms with E-state index in [0.29, 0.717) is 46.4 Å². The van der Waals surface area contributed by atoms with Gasteiger partial charge in [0.1, 0.15) is 17.7 Å².